The molecule has 0 spiro atoms. The van der Waals surface area contributed by atoms with Gasteiger partial charge in [-0.25, -0.2) is 0 Å². The number of carbonyl (C=O) groups excluding carboxylic acids is 1. The average Bonchev–Trinajstić information content (AvgIpc) is 2.84. The molecule has 0 unspecified atom stereocenters. The Morgan fingerprint density at radius 2 is 1.92 bits per heavy atom. The van der Waals surface area contributed by atoms with Crippen molar-refractivity contribution < 1.29 is 66.0 Å². The molecule has 1 saturated heterocycles. The molecule has 2 atom stereocenters. The first-order valence-electron chi connectivity index (χ1n) is 3.70. The van der Waals surface area contributed by atoms with Crippen molar-refractivity contribution in [1.82, 2.24) is 0 Å². The van der Waals surface area contributed by atoms with E-state index in [2.05, 4.69) is 0 Å². The Kier molecular flexibility index (Phi) is 4.09. The maximum absolute atomic E-state index is 10.3. The Morgan fingerprint density at radius 3 is 2.38 bits per heavy atom. The molecule has 1 aromatic rings. The molecule has 0 saturated carbocycles. The molecular weight excluding hydrogens is 195 g/mol. The molecule has 1 fully saturated rings. The number of ether oxygens (including phenoxy) is 1. The fourth-order valence-electron chi connectivity index (χ4n) is 1.19. The summed E-state index contributed by atoms with van der Waals surface area (Å²) in [5, 5.41) is 10.3. The largest absolute Gasteiger partial charge is 1.00 e. The van der Waals surface area contributed by atoms with E-state index in [-0.39, 0.29) is 57.5 Å². The first-order valence-corrected chi connectivity index (χ1v) is 3.70. The molecule has 1 heterocycles. The van der Waals surface area contributed by atoms with Crippen LogP contribution in [0, 0.1) is 0 Å². The minimum Gasteiger partial charge on any atom is -0.547 e. The molecule has 3 nitrogen and oxygen atoms in total. The minimum absolute atomic E-state index is 0. The standard InChI is InChI=1S/C9H8O3.K/c10-9(11)8-7(12-8)6-4-2-1-3-5-6;/h1-5,7-8H,(H,10,11);/q;+1/p-1/t7-,8+;/m1./s1. The predicted octanol–water partition coefficient (Wildman–Crippen LogP) is -3.12. The second kappa shape index (κ2) is 4.68. The molecule has 0 aliphatic carbocycles. The topological polar surface area (TPSA) is 52.7 Å². The zero-order chi connectivity index (χ0) is 8.55. The Hall–Kier alpha value is 0.286. The first-order chi connectivity index (χ1) is 5.79. The van der Waals surface area contributed by atoms with Gasteiger partial charge in [0.15, 0.2) is 0 Å². The molecule has 0 aromatic heterocycles. The molecule has 0 N–H and O–H groups in total. The number of hydrogen-bond acceptors (Lipinski definition) is 3. The van der Waals surface area contributed by atoms with Crippen LogP contribution in [0.25, 0.3) is 0 Å². The Labute approximate surface area is 119 Å². The van der Waals surface area contributed by atoms with Crippen molar-refractivity contribution in [3.8, 4) is 0 Å². The molecule has 13 heavy (non-hydrogen) atoms. The summed E-state index contributed by atoms with van der Waals surface area (Å²) in [5.74, 6) is -1.14. The zero-order valence-corrected chi connectivity index (χ0v) is 10.4. The Morgan fingerprint density at radius 1 is 1.31 bits per heavy atom. The smallest absolute Gasteiger partial charge is 0.547 e. The summed E-state index contributed by atoms with van der Waals surface area (Å²) in [7, 11) is 0. The van der Waals surface area contributed by atoms with E-state index >= 15 is 0 Å². The van der Waals surface area contributed by atoms with Gasteiger partial charge in [-0.15, -0.1) is 0 Å². The third kappa shape index (κ3) is 2.62. The van der Waals surface area contributed by atoms with E-state index in [1.54, 1.807) is 0 Å². The van der Waals surface area contributed by atoms with Gasteiger partial charge < -0.3 is 14.6 Å². The van der Waals surface area contributed by atoms with Crippen LogP contribution in [0.1, 0.15) is 11.7 Å². The van der Waals surface area contributed by atoms with Crippen molar-refractivity contribution in [2.45, 2.75) is 12.2 Å². The van der Waals surface area contributed by atoms with E-state index in [0.717, 1.165) is 5.56 Å². The van der Waals surface area contributed by atoms with Crippen molar-refractivity contribution >= 4 is 5.97 Å². The number of benzene rings is 1. The third-order valence-electron chi connectivity index (χ3n) is 1.85. The molecule has 0 bridgehead atoms. The van der Waals surface area contributed by atoms with Gasteiger partial charge in [0.1, 0.15) is 12.2 Å². The molecule has 1 aromatic carbocycles. The molecule has 0 amide bonds. The fraction of sp³-hybridized carbons (Fsp3) is 0.222. The van der Waals surface area contributed by atoms with Crippen LogP contribution in [-0.4, -0.2) is 12.1 Å². The second-order valence-electron chi connectivity index (χ2n) is 2.71. The maximum Gasteiger partial charge on any atom is 1.00 e. The normalized spacial score (nSPS) is 24.6. The summed E-state index contributed by atoms with van der Waals surface area (Å²) in [5.41, 5.74) is 0.895. The Balaban J connectivity index is 0.000000845. The molecular formula is C9H7KO3. The summed E-state index contributed by atoms with van der Waals surface area (Å²) in [4.78, 5) is 10.3. The van der Waals surface area contributed by atoms with Gasteiger partial charge in [-0.3, -0.25) is 0 Å². The van der Waals surface area contributed by atoms with E-state index < -0.39 is 12.1 Å². The second-order valence-corrected chi connectivity index (χ2v) is 2.71. The summed E-state index contributed by atoms with van der Waals surface area (Å²) in [6, 6.07) is 9.26. The van der Waals surface area contributed by atoms with Gasteiger partial charge >= 0.3 is 51.4 Å². The quantitative estimate of drug-likeness (QED) is 0.377. The van der Waals surface area contributed by atoms with Gasteiger partial charge in [-0.05, 0) is 5.56 Å². The van der Waals surface area contributed by atoms with E-state index in [1.165, 1.54) is 0 Å². The first kappa shape index (κ1) is 11.4. The van der Waals surface area contributed by atoms with Gasteiger partial charge in [0, 0.05) is 0 Å². The van der Waals surface area contributed by atoms with Crippen molar-refractivity contribution in [1.29, 1.82) is 0 Å². The number of carboxylic acid groups (broad SMARTS) is 1. The number of hydrogen-bond donors (Lipinski definition) is 0. The number of rotatable bonds is 2. The SMILES string of the molecule is O=C([O-])[C@H]1O[C@@H]1c1ccccc1.[K+]. The summed E-state index contributed by atoms with van der Waals surface area (Å²) in [6.07, 6.45) is -1.04. The van der Waals surface area contributed by atoms with Gasteiger partial charge in [-0.1, -0.05) is 30.3 Å². The molecule has 2 rings (SSSR count). The molecule has 1 aliphatic rings. The van der Waals surface area contributed by atoms with E-state index in [0.29, 0.717) is 0 Å². The number of aliphatic carboxylic acids is 1. The fourth-order valence-corrected chi connectivity index (χ4v) is 1.19. The van der Waals surface area contributed by atoms with Crippen molar-refractivity contribution in [2.24, 2.45) is 0 Å². The minimum atomic E-state index is -1.14. The van der Waals surface area contributed by atoms with Crippen LogP contribution >= 0.6 is 0 Å². The Bertz CT molecular complexity index is 299. The summed E-state index contributed by atoms with van der Waals surface area (Å²) < 4.78 is 4.90. The monoisotopic (exact) mass is 202 g/mol. The van der Waals surface area contributed by atoms with Crippen LogP contribution < -0.4 is 56.5 Å². The average molecular weight is 202 g/mol. The van der Waals surface area contributed by atoms with Crippen molar-refractivity contribution in [3.63, 3.8) is 0 Å². The van der Waals surface area contributed by atoms with Gasteiger partial charge in [0.05, 0.1) is 5.97 Å². The molecule has 4 heteroatoms. The summed E-state index contributed by atoms with van der Waals surface area (Å²) >= 11 is 0. The third-order valence-corrected chi connectivity index (χ3v) is 1.85. The molecule has 62 valence electrons. The van der Waals surface area contributed by atoms with E-state index in [9.17, 15) is 9.90 Å². The van der Waals surface area contributed by atoms with Crippen LogP contribution in [0.2, 0.25) is 0 Å². The summed E-state index contributed by atoms with van der Waals surface area (Å²) in [6.45, 7) is 0. The molecule has 0 radical (unpaired) electrons. The van der Waals surface area contributed by atoms with Crippen LogP contribution in [0.15, 0.2) is 30.3 Å². The predicted molar refractivity (Wildman–Crippen MR) is 39.1 cm³/mol. The van der Waals surface area contributed by atoms with Crippen molar-refractivity contribution in [2.75, 3.05) is 0 Å². The van der Waals surface area contributed by atoms with Crippen LogP contribution in [0.3, 0.4) is 0 Å². The van der Waals surface area contributed by atoms with Crippen LogP contribution in [0.4, 0.5) is 0 Å². The van der Waals surface area contributed by atoms with Crippen LogP contribution in [0.5, 0.6) is 0 Å². The van der Waals surface area contributed by atoms with E-state index in [4.69, 9.17) is 4.74 Å². The van der Waals surface area contributed by atoms with Gasteiger partial charge in [0.2, 0.25) is 0 Å². The molecule has 1 aliphatic heterocycles. The maximum atomic E-state index is 10.3. The number of carbonyl (C=O) groups is 1. The van der Waals surface area contributed by atoms with E-state index in [1.807, 2.05) is 30.3 Å². The van der Waals surface area contributed by atoms with Gasteiger partial charge in [0.25, 0.3) is 0 Å². The van der Waals surface area contributed by atoms with Gasteiger partial charge in [-0.2, -0.15) is 0 Å². The number of carboxylic acids is 1. The van der Waals surface area contributed by atoms with Crippen LogP contribution in [-0.2, 0) is 9.53 Å². The zero-order valence-electron chi connectivity index (χ0n) is 7.27. The van der Waals surface area contributed by atoms with Crippen molar-refractivity contribution in [3.05, 3.63) is 35.9 Å². The number of epoxide rings is 1.